The van der Waals surface area contributed by atoms with Crippen LogP contribution in [0.15, 0.2) is 65.3 Å². The normalized spacial score (nSPS) is 12.4. The molecule has 24 heavy (non-hydrogen) atoms. The van der Waals surface area contributed by atoms with E-state index in [4.69, 9.17) is 0 Å². The molecule has 3 rings (SSSR count). The summed E-state index contributed by atoms with van der Waals surface area (Å²) in [6.07, 6.45) is 4.80. The number of carbonyl (C=O) groups is 1. The maximum Gasteiger partial charge on any atom is 0.244 e. The Balaban J connectivity index is 1.69. The van der Waals surface area contributed by atoms with E-state index >= 15 is 0 Å². The molecule has 2 aromatic carbocycles. The second-order valence-electron chi connectivity index (χ2n) is 5.37. The van der Waals surface area contributed by atoms with Crippen molar-refractivity contribution >= 4 is 38.9 Å². The molecule has 0 fully saturated rings. The van der Waals surface area contributed by atoms with Crippen molar-refractivity contribution < 1.29 is 4.79 Å². The quantitative estimate of drug-likeness (QED) is 0.686. The second-order valence-corrected chi connectivity index (χ2v) is 6.22. The van der Waals surface area contributed by atoms with E-state index in [1.165, 1.54) is 6.08 Å². The van der Waals surface area contributed by atoms with Crippen LogP contribution in [0.25, 0.3) is 17.1 Å². The first kappa shape index (κ1) is 16.3. The van der Waals surface area contributed by atoms with Crippen molar-refractivity contribution in [2.45, 2.75) is 13.0 Å². The fourth-order valence-corrected chi connectivity index (χ4v) is 3.01. The van der Waals surface area contributed by atoms with Crippen molar-refractivity contribution in [2.75, 3.05) is 0 Å². The van der Waals surface area contributed by atoms with Crippen molar-refractivity contribution in [3.63, 3.8) is 0 Å². The van der Waals surface area contributed by atoms with Crippen molar-refractivity contribution in [3.05, 3.63) is 76.5 Å². The number of amides is 1. The summed E-state index contributed by atoms with van der Waals surface area (Å²) in [5, 5.41) is 2.94. The smallest absolute Gasteiger partial charge is 0.244 e. The zero-order chi connectivity index (χ0) is 16.9. The van der Waals surface area contributed by atoms with Gasteiger partial charge in [-0.3, -0.25) is 9.78 Å². The van der Waals surface area contributed by atoms with Crippen molar-refractivity contribution in [1.82, 2.24) is 15.3 Å². The van der Waals surface area contributed by atoms with Crippen LogP contribution in [-0.2, 0) is 4.79 Å². The van der Waals surface area contributed by atoms with Gasteiger partial charge < -0.3 is 5.32 Å². The van der Waals surface area contributed by atoms with E-state index in [9.17, 15) is 4.79 Å². The first-order valence-corrected chi connectivity index (χ1v) is 8.37. The maximum atomic E-state index is 12.1. The maximum absolute atomic E-state index is 12.1. The van der Waals surface area contributed by atoms with E-state index in [1.54, 1.807) is 12.3 Å². The van der Waals surface area contributed by atoms with Crippen LogP contribution in [0.1, 0.15) is 24.2 Å². The average molecular weight is 382 g/mol. The molecule has 1 N–H and O–H groups in total. The summed E-state index contributed by atoms with van der Waals surface area (Å²) in [6.45, 7) is 1.95. The molecule has 0 radical (unpaired) electrons. The van der Waals surface area contributed by atoms with Gasteiger partial charge in [-0.05, 0) is 36.8 Å². The van der Waals surface area contributed by atoms with Crippen LogP contribution in [0.5, 0.6) is 0 Å². The second kappa shape index (κ2) is 7.36. The molecule has 1 atom stereocenters. The monoisotopic (exact) mass is 381 g/mol. The predicted octanol–water partition coefficient (Wildman–Crippen LogP) is 4.28. The third-order valence-corrected chi connectivity index (χ3v) is 4.33. The van der Waals surface area contributed by atoms with E-state index in [-0.39, 0.29) is 11.9 Å². The van der Waals surface area contributed by atoms with Gasteiger partial charge in [-0.15, -0.1) is 0 Å². The van der Waals surface area contributed by atoms with Gasteiger partial charge in [-0.1, -0.05) is 46.3 Å². The van der Waals surface area contributed by atoms with Crippen LogP contribution in [0, 0.1) is 0 Å². The van der Waals surface area contributed by atoms with Crippen LogP contribution < -0.4 is 5.32 Å². The molecule has 0 aliphatic heterocycles. The lowest BCUT2D eigenvalue weighted by Gasteiger charge is -2.14. The number of halogens is 1. The molecule has 1 heterocycles. The van der Waals surface area contributed by atoms with E-state index in [0.717, 1.165) is 21.1 Å². The number of carbonyl (C=O) groups excluding carboxylic acids is 1. The van der Waals surface area contributed by atoms with E-state index < -0.39 is 0 Å². The fourth-order valence-electron chi connectivity index (χ4n) is 2.38. The number of hydrogen-bond acceptors (Lipinski definition) is 3. The summed E-state index contributed by atoms with van der Waals surface area (Å²) in [5.74, 6) is -0.173. The fraction of sp³-hybridized carbons (Fsp3) is 0.105. The summed E-state index contributed by atoms with van der Waals surface area (Å²) >= 11 is 3.50. The highest BCUT2D eigenvalue weighted by Crippen LogP contribution is 2.22. The standard InChI is InChI=1S/C19H16BrN3O/c1-13(15-6-2-3-7-16(15)20)22-19(24)11-10-14-12-21-17-8-4-5-9-18(17)23-14/h2-13H,1H3,(H,22,24)/b11-10+. The van der Waals surface area contributed by atoms with Gasteiger partial charge in [0.1, 0.15) is 0 Å². The zero-order valence-electron chi connectivity index (χ0n) is 13.1. The van der Waals surface area contributed by atoms with Crippen molar-refractivity contribution in [2.24, 2.45) is 0 Å². The average Bonchev–Trinajstić information content (AvgIpc) is 2.60. The van der Waals surface area contributed by atoms with Gasteiger partial charge in [0.2, 0.25) is 5.91 Å². The van der Waals surface area contributed by atoms with Gasteiger partial charge in [0.15, 0.2) is 0 Å². The van der Waals surface area contributed by atoms with Gasteiger partial charge in [-0.2, -0.15) is 0 Å². The molecule has 0 bridgehead atoms. The molecular formula is C19H16BrN3O. The molecule has 0 saturated carbocycles. The van der Waals surface area contributed by atoms with Gasteiger partial charge >= 0.3 is 0 Å². The number of rotatable bonds is 4. The largest absolute Gasteiger partial charge is 0.346 e. The Labute approximate surface area is 148 Å². The molecule has 1 amide bonds. The SMILES string of the molecule is CC(NC(=O)/C=C/c1cnc2ccccc2n1)c1ccccc1Br. The topological polar surface area (TPSA) is 54.9 Å². The Bertz CT molecular complexity index is 908. The van der Waals surface area contributed by atoms with Crippen LogP contribution in [0.3, 0.4) is 0 Å². The third-order valence-electron chi connectivity index (χ3n) is 3.60. The van der Waals surface area contributed by atoms with Crippen LogP contribution in [0.2, 0.25) is 0 Å². The zero-order valence-corrected chi connectivity index (χ0v) is 14.7. The lowest BCUT2D eigenvalue weighted by molar-refractivity contribution is -0.117. The first-order chi connectivity index (χ1) is 11.6. The Hall–Kier alpha value is -2.53. The third kappa shape index (κ3) is 3.86. The van der Waals surface area contributed by atoms with Crippen LogP contribution >= 0.6 is 15.9 Å². The number of nitrogens with zero attached hydrogens (tertiary/aromatic N) is 2. The Kier molecular flexibility index (Phi) is 5.01. The highest BCUT2D eigenvalue weighted by atomic mass is 79.9. The number of benzene rings is 2. The molecular weight excluding hydrogens is 366 g/mol. The number of aromatic nitrogens is 2. The molecule has 0 saturated heterocycles. The molecule has 1 aromatic heterocycles. The molecule has 0 aliphatic rings. The summed E-state index contributed by atoms with van der Waals surface area (Å²) in [7, 11) is 0. The van der Waals surface area contributed by atoms with Crippen LogP contribution in [0.4, 0.5) is 0 Å². The molecule has 0 aliphatic carbocycles. The summed E-state index contributed by atoms with van der Waals surface area (Å²) in [4.78, 5) is 20.9. The number of hydrogen-bond donors (Lipinski definition) is 1. The number of nitrogens with one attached hydrogen (secondary N) is 1. The molecule has 4 nitrogen and oxygen atoms in total. The molecule has 1 unspecified atom stereocenters. The van der Waals surface area contributed by atoms with Crippen molar-refractivity contribution in [3.8, 4) is 0 Å². The number of para-hydroxylation sites is 2. The summed E-state index contributed by atoms with van der Waals surface area (Å²) in [6, 6.07) is 15.4. The minimum atomic E-state index is -0.173. The highest BCUT2D eigenvalue weighted by Gasteiger charge is 2.10. The van der Waals surface area contributed by atoms with Gasteiger partial charge in [0, 0.05) is 10.5 Å². The van der Waals surface area contributed by atoms with Crippen LogP contribution in [-0.4, -0.2) is 15.9 Å². The van der Waals surface area contributed by atoms with E-state index in [2.05, 4.69) is 31.2 Å². The molecule has 3 aromatic rings. The van der Waals surface area contributed by atoms with Crippen molar-refractivity contribution in [1.29, 1.82) is 0 Å². The predicted molar refractivity (Wildman–Crippen MR) is 99.3 cm³/mol. The van der Waals surface area contributed by atoms with E-state index in [0.29, 0.717) is 5.69 Å². The first-order valence-electron chi connectivity index (χ1n) is 7.58. The Morgan fingerprint density at radius 1 is 1.12 bits per heavy atom. The highest BCUT2D eigenvalue weighted by molar-refractivity contribution is 9.10. The summed E-state index contributed by atoms with van der Waals surface area (Å²) in [5.41, 5.74) is 3.32. The lowest BCUT2D eigenvalue weighted by atomic mass is 10.1. The van der Waals surface area contributed by atoms with Gasteiger partial charge in [-0.25, -0.2) is 4.98 Å². The Morgan fingerprint density at radius 2 is 1.83 bits per heavy atom. The van der Waals surface area contributed by atoms with E-state index in [1.807, 2.05) is 55.5 Å². The minimum absolute atomic E-state index is 0.0968. The number of fused-ring (bicyclic) bond motifs is 1. The Morgan fingerprint density at radius 3 is 2.62 bits per heavy atom. The summed E-state index contributed by atoms with van der Waals surface area (Å²) < 4.78 is 0.974. The lowest BCUT2D eigenvalue weighted by Crippen LogP contribution is -2.24. The van der Waals surface area contributed by atoms with Gasteiger partial charge in [0.25, 0.3) is 0 Å². The minimum Gasteiger partial charge on any atom is -0.346 e. The van der Waals surface area contributed by atoms with Gasteiger partial charge in [0.05, 0.1) is 29.0 Å². The molecule has 5 heteroatoms. The molecule has 120 valence electrons. The molecule has 0 spiro atoms.